The van der Waals surface area contributed by atoms with E-state index in [-0.39, 0.29) is 0 Å². The minimum Gasteiger partial charge on any atom is -0.456 e. The molecule has 11 rings (SSSR count). The van der Waals surface area contributed by atoms with Crippen molar-refractivity contribution in [2.75, 3.05) is 0 Å². The number of benzene rings is 6. The van der Waals surface area contributed by atoms with E-state index in [1.807, 2.05) is 12.1 Å². The summed E-state index contributed by atoms with van der Waals surface area (Å²) in [5.41, 5.74) is 15.7. The molecule has 0 atom stereocenters. The van der Waals surface area contributed by atoms with Gasteiger partial charge in [-0.25, -0.2) is 9.97 Å². The summed E-state index contributed by atoms with van der Waals surface area (Å²) in [5.74, 6) is 0.692. The number of hydrogen-bond donors (Lipinski definition) is 0. The molecule has 0 unspecified atom stereocenters. The molecule has 0 saturated heterocycles. The molecule has 0 bridgehead atoms. The van der Waals surface area contributed by atoms with Crippen molar-refractivity contribution in [3.63, 3.8) is 0 Å². The molecule has 6 aromatic carbocycles. The molecule has 4 nitrogen and oxygen atoms in total. The highest BCUT2D eigenvalue weighted by atomic mass is 16.3. The van der Waals surface area contributed by atoms with Gasteiger partial charge in [0.1, 0.15) is 11.2 Å². The molecule has 246 valence electrons. The molecule has 3 aromatic heterocycles. The first-order chi connectivity index (χ1) is 25.8. The number of para-hydroxylation sites is 1. The lowest BCUT2D eigenvalue weighted by molar-refractivity contribution is 0.669. The van der Waals surface area contributed by atoms with E-state index >= 15 is 0 Å². The molecule has 9 aromatic rings. The summed E-state index contributed by atoms with van der Waals surface area (Å²) in [6, 6.07) is 47.8. The van der Waals surface area contributed by atoms with Crippen LogP contribution >= 0.6 is 0 Å². The summed E-state index contributed by atoms with van der Waals surface area (Å²) in [4.78, 5) is 10.4. The first-order valence-corrected chi connectivity index (χ1v) is 18.2. The van der Waals surface area contributed by atoms with Gasteiger partial charge in [0.15, 0.2) is 5.82 Å². The molecule has 0 spiro atoms. The van der Waals surface area contributed by atoms with Crippen molar-refractivity contribution < 1.29 is 4.42 Å². The molecule has 0 fully saturated rings. The van der Waals surface area contributed by atoms with E-state index in [2.05, 4.69) is 144 Å². The average Bonchev–Trinajstić information content (AvgIpc) is 3.77. The summed E-state index contributed by atoms with van der Waals surface area (Å²) < 4.78 is 8.98. The second-order valence-electron chi connectivity index (χ2n) is 13.9. The van der Waals surface area contributed by atoms with Crippen LogP contribution in [-0.2, 0) is 12.8 Å². The molecule has 0 aliphatic heterocycles. The van der Waals surface area contributed by atoms with E-state index in [1.165, 1.54) is 44.1 Å². The molecule has 4 heteroatoms. The molecule has 0 amide bonds. The van der Waals surface area contributed by atoms with Gasteiger partial charge >= 0.3 is 0 Å². The molecule has 0 saturated carbocycles. The number of allylic oxidation sites excluding steroid dienone is 4. The van der Waals surface area contributed by atoms with Gasteiger partial charge in [0.2, 0.25) is 0 Å². The Morgan fingerprint density at radius 1 is 0.558 bits per heavy atom. The monoisotopic (exact) mass is 667 g/mol. The van der Waals surface area contributed by atoms with Crippen molar-refractivity contribution in [2.45, 2.75) is 25.7 Å². The minimum absolute atomic E-state index is 0.692. The number of aryl methyl sites for hydroxylation is 2. The summed E-state index contributed by atoms with van der Waals surface area (Å²) in [6.07, 6.45) is 10.9. The Kier molecular flexibility index (Phi) is 6.47. The van der Waals surface area contributed by atoms with E-state index in [1.54, 1.807) is 0 Å². The summed E-state index contributed by atoms with van der Waals surface area (Å²) in [7, 11) is 0. The largest absolute Gasteiger partial charge is 0.456 e. The lowest BCUT2D eigenvalue weighted by Crippen LogP contribution is -2.04. The number of hydrogen-bond acceptors (Lipinski definition) is 3. The zero-order valence-corrected chi connectivity index (χ0v) is 28.5. The van der Waals surface area contributed by atoms with Crippen LogP contribution in [-0.4, -0.2) is 14.5 Å². The van der Waals surface area contributed by atoms with Gasteiger partial charge in [-0.2, -0.15) is 0 Å². The smallest absolute Gasteiger partial charge is 0.161 e. The Labute approximate surface area is 301 Å². The highest BCUT2D eigenvalue weighted by Crippen LogP contribution is 2.45. The molecule has 0 radical (unpaired) electrons. The maximum absolute atomic E-state index is 6.55. The molecule has 2 aliphatic rings. The third kappa shape index (κ3) is 4.47. The number of fused-ring (bicyclic) bond motifs is 10. The van der Waals surface area contributed by atoms with Crippen LogP contribution < -0.4 is 0 Å². The van der Waals surface area contributed by atoms with Crippen LogP contribution in [0.25, 0.3) is 88.8 Å². The Balaban J connectivity index is 1.15. The molecule has 3 heterocycles. The van der Waals surface area contributed by atoms with Crippen LogP contribution in [0.2, 0.25) is 0 Å². The first kappa shape index (κ1) is 29.2. The van der Waals surface area contributed by atoms with Gasteiger partial charge in [0.25, 0.3) is 0 Å². The molecular formula is C48H33N3O. The Bertz CT molecular complexity index is 2960. The third-order valence-corrected chi connectivity index (χ3v) is 10.9. The van der Waals surface area contributed by atoms with E-state index in [0.717, 1.165) is 81.4 Å². The molecule has 2 aliphatic carbocycles. The lowest BCUT2D eigenvalue weighted by Gasteiger charge is -2.21. The minimum atomic E-state index is 0.692. The van der Waals surface area contributed by atoms with Gasteiger partial charge in [-0.15, -0.1) is 0 Å². The first-order valence-electron chi connectivity index (χ1n) is 18.2. The SMILES string of the molecule is C1=CC(c2cc(-c3ccccc3)nc(-c3cccc4oc5ccc(-n6c7ccccc7c7c8c(ccc76)CCc6ccccc6-8)cc5c34)n2)=CCC1. The van der Waals surface area contributed by atoms with Crippen molar-refractivity contribution in [1.29, 1.82) is 0 Å². The maximum atomic E-state index is 6.55. The number of furan rings is 1. The molecule has 52 heavy (non-hydrogen) atoms. The normalized spacial score (nSPS) is 13.9. The maximum Gasteiger partial charge on any atom is 0.161 e. The van der Waals surface area contributed by atoms with Crippen molar-refractivity contribution in [1.82, 2.24) is 14.5 Å². The predicted octanol–water partition coefficient (Wildman–Crippen LogP) is 12.3. The fraction of sp³-hybridized carbons (Fsp3) is 0.0833. The quantitative estimate of drug-likeness (QED) is 0.188. The summed E-state index contributed by atoms with van der Waals surface area (Å²) in [5, 5.41) is 4.66. The van der Waals surface area contributed by atoms with Gasteiger partial charge < -0.3 is 8.98 Å². The van der Waals surface area contributed by atoms with Crippen molar-refractivity contribution in [3.8, 4) is 39.5 Å². The van der Waals surface area contributed by atoms with Crippen LogP contribution in [0.4, 0.5) is 0 Å². The zero-order chi connectivity index (χ0) is 34.2. The predicted molar refractivity (Wildman–Crippen MR) is 214 cm³/mol. The molecular weight excluding hydrogens is 635 g/mol. The van der Waals surface area contributed by atoms with Gasteiger partial charge in [0, 0.05) is 38.4 Å². The van der Waals surface area contributed by atoms with Crippen LogP contribution in [0.3, 0.4) is 0 Å². The van der Waals surface area contributed by atoms with Gasteiger partial charge in [0.05, 0.1) is 22.4 Å². The third-order valence-electron chi connectivity index (χ3n) is 10.9. The number of nitrogens with zero attached hydrogens (tertiary/aromatic N) is 3. The van der Waals surface area contributed by atoms with Crippen molar-refractivity contribution in [2.24, 2.45) is 0 Å². The summed E-state index contributed by atoms with van der Waals surface area (Å²) >= 11 is 0. The van der Waals surface area contributed by atoms with Crippen molar-refractivity contribution >= 4 is 49.3 Å². The van der Waals surface area contributed by atoms with Gasteiger partial charge in [-0.3, -0.25) is 0 Å². The fourth-order valence-electron chi connectivity index (χ4n) is 8.57. The molecule has 0 N–H and O–H groups in total. The Hall–Kier alpha value is -6.52. The topological polar surface area (TPSA) is 43.9 Å². The lowest BCUT2D eigenvalue weighted by atomic mass is 9.83. The second kappa shape index (κ2) is 11.5. The highest BCUT2D eigenvalue weighted by Gasteiger charge is 2.24. The van der Waals surface area contributed by atoms with E-state index in [9.17, 15) is 0 Å². The van der Waals surface area contributed by atoms with Crippen LogP contribution in [0.15, 0.2) is 156 Å². The zero-order valence-electron chi connectivity index (χ0n) is 28.5. The van der Waals surface area contributed by atoms with Gasteiger partial charge in [-0.05, 0) is 96.0 Å². The van der Waals surface area contributed by atoms with E-state index in [4.69, 9.17) is 14.4 Å². The van der Waals surface area contributed by atoms with Crippen LogP contribution in [0.5, 0.6) is 0 Å². The van der Waals surface area contributed by atoms with E-state index < -0.39 is 0 Å². The Morgan fingerprint density at radius 2 is 1.38 bits per heavy atom. The standard InChI is InChI=1S/C48H33N3O/c1-3-13-31(14-4-1)39-29-40(32-15-5-2-6-16-32)50-48(49-39)37-19-11-21-44-46(37)38-28-34(25-27-43(38)52-44)51-41-20-10-9-18-36(41)47-42(51)26-24-33-23-22-30-12-7-8-17-35(30)45(33)47/h1,3-5,7-21,24-29H,2,6,22-23H2. The Morgan fingerprint density at radius 3 is 2.31 bits per heavy atom. The highest BCUT2D eigenvalue weighted by molar-refractivity contribution is 6.18. The van der Waals surface area contributed by atoms with Crippen LogP contribution in [0, 0.1) is 0 Å². The van der Waals surface area contributed by atoms with E-state index in [0.29, 0.717) is 5.82 Å². The summed E-state index contributed by atoms with van der Waals surface area (Å²) in [6.45, 7) is 0. The average molecular weight is 668 g/mol. The number of aromatic nitrogens is 3. The van der Waals surface area contributed by atoms with Crippen LogP contribution in [0.1, 0.15) is 29.7 Å². The number of rotatable bonds is 4. The second-order valence-corrected chi connectivity index (χ2v) is 13.9. The fourth-order valence-corrected chi connectivity index (χ4v) is 8.57. The van der Waals surface area contributed by atoms with Gasteiger partial charge in [-0.1, -0.05) is 109 Å². The van der Waals surface area contributed by atoms with Crippen molar-refractivity contribution in [3.05, 3.63) is 169 Å².